The molecule has 0 aliphatic rings. The van der Waals surface area contributed by atoms with Gasteiger partial charge in [0.25, 0.3) is 5.82 Å². The Morgan fingerprint density at radius 3 is 2.73 bits per heavy atom. The quantitative estimate of drug-likeness (QED) is 0.585. The SMILES string of the molecule is CCc1nccc[n+]1C(C)C. The van der Waals surface area contributed by atoms with Crippen molar-refractivity contribution in [3.8, 4) is 0 Å². The summed E-state index contributed by atoms with van der Waals surface area (Å²) in [6, 6.07) is 2.48. The van der Waals surface area contributed by atoms with Gasteiger partial charge in [-0.15, -0.1) is 0 Å². The average Bonchev–Trinajstić information content (AvgIpc) is 2.04. The summed E-state index contributed by atoms with van der Waals surface area (Å²) in [5, 5.41) is 0. The highest BCUT2D eigenvalue weighted by atomic mass is 15.1. The van der Waals surface area contributed by atoms with Gasteiger partial charge < -0.3 is 0 Å². The zero-order chi connectivity index (χ0) is 8.27. The Kier molecular flexibility index (Phi) is 2.58. The van der Waals surface area contributed by atoms with Crippen molar-refractivity contribution in [2.45, 2.75) is 33.2 Å². The fraction of sp³-hybridized carbons (Fsp3) is 0.556. The van der Waals surface area contributed by atoms with Crippen molar-refractivity contribution >= 4 is 0 Å². The zero-order valence-corrected chi connectivity index (χ0v) is 7.41. The first-order chi connectivity index (χ1) is 5.25. The maximum Gasteiger partial charge on any atom is 0.298 e. The van der Waals surface area contributed by atoms with Crippen molar-refractivity contribution in [2.24, 2.45) is 0 Å². The van der Waals surface area contributed by atoms with E-state index in [-0.39, 0.29) is 0 Å². The lowest BCUT2D eigenvalue weighted by Crippen LogP contribution is -2.40. The van der Waals surface area contributed by atoms with Crippen LogP contribution in [0, 0.1) is 0 Å². The summed E-state index contributed by atoms with van der Waals surface area (Å²) in [5.41, 5.74) is 0. The minimum Gasteiger partial charge on any atom is -0.233 e. The Labute approximate surface area is 67.9 Å². The molecule has 2 nitrogen and oxygen atoms in total. The van der Waals surface area contributed by atoms with Crippen LogP contribution in [0.15, 0.2) is 18.5 Å². The Hall–Kier alpha value is -0.920. The van der Waals surface area contributed by atoms with Crippen LogP contribution in [0.2, 0.25) is 0 Å². The fourth-order valence-electron chi connectivity index (χ4n) is 1.16. The summed E-state index contributed by atoms with van der Waals surface area (Å²) in [6.07, 6.45) is 4.92. The smallest absolute Gasteiger partial charge is 0.233 e. The average molecular weight is 151 g/mol. The summed E-state index contributed by atoms with van der Waals surface area (Å²) in [5.74, 6) is 1.16. The number of hydrogen-bond acceptors (Lipinski definition) is 1. The summed E-state index contributed by atoms with van der Waals surface area (Å²) < 4.78 is 2.19. The number of nitrogens with zero attached hydrogens (tertiary/aromatic N) is 2. The van der Waals surface area contributed by atoms with Crippen LogP contribution in [0.1, 0.15) is 32.6 Å². The first kappa shape index (κ1) is 8.18. The van der Waals surface area contributed by atoms with Gasteiger partial charge in [-0.1, -0.05) is 11.9 Å². The first-order valence-corrected chi connectivity index (χ1v) is 4.10. The molecule has 0 fully saturated rings. The van der Waals surface area contributed by atoms with Crippen molar-refractivity contribution in [2.75, 3.05) is 0 Å². The van der Waals surface area contributed by atoms with E-state index >= 15 is 0 Å². The van der Waals surface area contributed by atoms with E-state index in [9.17, 15) is 0 Å². The third kappa shape index (κ3) is 1.76. The van der Waals surface area contributed by atoms with E-state index in [0.29, 0.717) is 6.04 Å². The van der Waals surface area contributed by atoms with E-state index in [4.69, 9.17) is 0 Å². The Morgan fingerprint density at radius 2 is 2.27 bits per heavy atom. The number of aryl methyl sites for hydroxylation is 1. The molecule has 1 rings (SSSR count). The van der Waals surface area contributed by atoms with Crippen molar-refractivity contribution in [1.82, 2.24) is 4.98 Å². The van der Waals surface area contributed by atoms with Crippen molar-refractivity contribution in [1.29, 1.82) is 0 Å². The van der Waals surface area contributed by atoms with Gasteiger partial charge in [-0.3, -0.25) is 0 Å². The van der Waals surface area contributed by atoms with Gasteiger partial charge in [0.1, 0.15) is 6.20 Å². The predicted molar refractivity (Wildman–Crippen MR) is 44.2 cm³/mol. The molecular formula is C9H15N2+. The van der Waals surface area contributed by atoms with Crippen molar-refractivity contribution in [3.63, 3.8) is 0 Å². The van der Waals surface area contributed by atoms with E-state index in [0.717, 1.165) is 12.2 Å². The molecule has 0 saturated carbocycles. The summed E-state index contributed by atoms with van der Waals surface area (Å²) in [7, 11) is 0. The molecule has 2 heteroatoms. The molecular weight excluding hydrogens is 136 g/mol. The molecule has 0 radical (unpaired) electrons. The van der Waals surface area contributed by atoms with Crippen LogP contribution in [-0.2, 0) is 6.42 Å². The van der Waals surface area contributed by atoms with Gasteiger partial charge >= 0.3 is 0 Å². The molecule has 1 aromatic rings. The molecule has 0 atom stereocenters. The van der Waals surface area contributed by atoms with Gasteiger partial charge in [-0.2, -0.15) is 0 Å². The van der Waals surface area contributed by atoms with Gasteiger partial charge in [0.05, 0.1) is 18.7 Å². The van der Waals surface area contributed by atoms with Gasteiger partial charge in [0.2, 0.25) is 0 Å². The second kappa shape index (κ2) is 3.46. The largest absolute Gasteiger partial charge is 0.298 e. The molecule has 0 amide bonds. The van der Waals surface area contributed by atoms with E-state index in [1.807, 2.05) is 12.3 Å². The fourth-order valence-corrected chi connectivity index (χ4v) is 1.16. The highest BCUT2D eigenvalue weighted by Crippen LogP contribution is 1.94. The van der Waals surface area contributed by atoms with Crippen LogP contribution >= 0.6 is 0 Å². The zero-order valence-electron chi connectivity index (χ0n) is 7.41. The molecule has 0 aliphatic heterocycles. The van der Waals surface area contributed by atoms with Crippen LogP contribution in [0.25, 0.3) is 0 Å². The summed E-state index contributed by atoms with van der Waals surface area (Å²) in [4.78, 5) is 4.28. The molecule has 1 aromatic heterocycles. The van der Waals surface area contributed by atoms with Crippen LogP contribution < -0.4 is 4.57 Å². The van der Waals surface area contributed by atoms with E-state index < -0.39 is 0 Å². The number of rotatable bonds is 2. The van der Waals surface area contributed by atoms with Crippen LogP contribution in [0.4, 0.5) is 0 Å². The van der Waals surface area contributed by atoms with Crippen LogP contribution in [0.3, 0.4) is 0 Å². The Bertz CT molecular complexity index is 231. The highest BCUT2D eigenvalue weighted by Gasteiger charge is 2.10. The standard InChI is InChI=1S/C9H15N2/c1-4-9-10-6-5-7-11(9)8(2)3/h5-8H,4H2,1-3H3/q+1. The van der Waals surface area contributed by atoms with Crippen LogP contribution in [-0.4, -0.2) is 4.98 Å². The summed E-state index contributed by atoms with van der Waals surface area (Å²) in [6.45, 7) is 6.46. The van der Waals surface area contributed by atoms with Crippen LogP contribution in [0.5, 0.6) is 0 Å². The Balaban J connectivity index is 3.02. The topological polar surface area (TPSA) is 16.8 Å². The second-order valence-corrected chi connectivity index (χ2v) is 2.89. The van der Waals surface area contributed by atoms with E-state index in [1.165, 1.54) is 0 Å². The first-order valence-electron chi connectivity index (χ1n) is 4.10. The maximum atomic E-state index is 4.28. The molecule has 1 heterocycles. The van der Waals surface area contributed by atoms with Gasteiger partial charge in [0.15, 0.2) is 0 Å². The lowest BCUT2D eigenvalue weighted by molar-refractivity contribution is -0.726. The maximum absolute atomic E-state index is 4.28. The van der Waals surface area contributed by atoms with Gasteiger partial charge in [-0.05, 0) is 13.8 Å². The highest BCUT2D eigenvalue weighted by molar-refractivity contribution is 4.79. The number of hydrogen-bond donors (Lipinski definition) is 0. The predicted octanol–water partition coefficient (Wildman–Crippen LogP) is 1.51. The third-order valence-electron chi connectivity index (χ3n) is 1.73. The van der Waals surface area contributed by atoms with Crippen molar-refractivity contribution < 1.29 is 4.57 Å². The molecule has 0 unspecified atom stereocenters. The van der Waals surface area contributed by atoms with E-state index in [1.54, 1.807) is 0 Å². The molecule has 60 valence electrons. The molecule has 11 heavy (non-hydrogen) atoms. The molecule has 0 bridgehead atoms. The van der Waals surface area contributed by atoms with Gasteiger partial charge in [-0.25, -0.2) is 4.57 Å². The second-order valence-electron chi connectivity index (χ2n) is 2.89. The normalized spacial score (nSPS) is 10.5. The molecule has 0 aliphatic carbocycles. The monoisotopic (exact) mass is 151 g/mol. The molecule has 0 saturated heterocycles. The lowest BCUT2D eigenvalue weighted by atomic mass is 10.3. The third-order valence-corrected chi connectivity index (χ3v) is 1.73. The number of aromatic nitrogens is 2. The molecule has 0 aromatic carbocycles. The minimum absolute atomic E-state index is 0.513. The van der Waals surface area contributed by atoms with Gasteiger partial charge in [0, 0.05) is 6.07 Å². The summed E-state index contributed by atoms with van der Waals surface area (Å²) >= 11 is 0. The van der Waals surface area contributed by atoms with Crippen molar-refractivity contribution in [3.05, 3.63) is 24.3 Å². The lowest BCUT2D eigenvalue weighted by Gasteiger charge is -2.04. The Morgan fingerprint density at radius 1 is 1.55 bits per heavy atom. The molecule has 0 spiro atoms. The van der Waals surface area contributed by atoms with E-state index in [2.05, 4.69) is 36.5 Å². The molecule has 0 N–H and O–H groups in total. The minimum atomic E-state index is 0.513.